The molecule has 4 aromatic carbocycles. The lowest BCUT2D eigenvalue weighted by molar-refractivity contribution is 0.750. The molecule has 0 aliphatic heterocycles. The monoisotopic (exact) mass is 506 g/mol. The van der Waals surface area contributed by atoms with Gasteiger partial charge in [0, 0.05) is 42.4 Å². The van der Waals surface area contributed by atoms with Crippen molar-refractivity contribution in [1.82, 2.24) is 19.5 Å². The summed E-state index contributed by atoms with van der Waals surface area (Å²) in [5, 5.41) is 5.06. The van der Waals surface area contributed by atoms with Crippen LogP contribution in [0, 0.1) is 0 Å². The Morgan fingerprint density at radius 2 is 1.50 bits per heavy atom. The molecule has 0 N–H and O–H groups in total. The zero-order valence-electron chi connectivity index (χ0n) is 20.5. The van der Waals surface area contributed by atoms with E-state index in [9.17, 15) is 0 Å². The van der Waals surface area contributed by atoms with Crippen LogP contribution in [0.2, 0.25) is 0 Å². The normalized spacial score (nSPS) is 15.3. The molecule has 0 fully saturated rings. The van der Waals surface area contributed by atoms with Crippen LogP contribution in [0.3, 0.4) is 0 Å². The third-order valence-corrected chi connectivity index (χ3v) is 8.57. The van der Waals surface area contributed by atoms with Crippen molar-refractivity contribution in [2.45, 2.75) is 12.3 Å². The van der Waals surface area contributed by atoms with Gasteiger partial charge in [0.05, 0.1) is 11.0 Å². The number of fused-ring (bicyclic) bond motifs is 7. The van der Waals surface area contributed by atoms with E-state index >= 15 is 0 Å². The summed E-state index contributed by atoms with van der Waals surface area (Å²) in [6, 6.07) is 31.9. The van der Waals surface area contributed by atoms with Crippen LogP contribution in [0.25, 0.3) is 59.3 Å². The van der Waals surface area contributed by atoms with Crippen LogP contribution in [-0.2, 0) is 0 Å². The van der Waals surface area contributed by atoms with E-state index in [1.807, 2.05) is 29.5 Å². The molecule has 1 aliphatic carbocycles. The maximum atomic E-state index is 5.11. The van der Waals surface area contributed by atoms with Gasteiger partial charge in [-0.05, 0) is 24.6 Å². The average molecular weight is 507 g/mol. The minimum Gasteiger partial charge on any atom is -0.278 e. The largest absolute Gasteiger partial charge is 0.278 e. The molecule has 8 rings (SSSR count). The summed E-state index contributed by atoms with van der Waals surface area (Å²) in [6.45, 7) is 0. The first kappa shape index (κ1) is 21.5. The fourth-order valence-electron chi connectivity index (χ4n) is 5.59. The van der Waals surface area contributed by atoms with Crippen molar-refractivity contribution in [1.29, 1.82) is 0 Å². The van der Waals surface area contributed by atoms with Crippen LogP contribution in [0.1, 0.15) is 18.2 Å². The summed E-state index contributed by atoms with van der Waals surface area (Å²) in [5.41, 5.74) is 3.20. The Bertz CT molecular complexity index is 2060. The minimum atomic E-state index is 0.117. The molecule has 38 heavy (non-hydrogen) atoms. The van der Waals surface area contributed by atoms with Crippen LogP contribution in [0.15, 0.2) is 115 Å². The van der Waals surface area contributed by atoms with Gasteiger partial charge in [-0.1, -0.05) is 97.1 Å². The Morgan fingerprint density at radius 3 is 2.37 bits per heavy atom. The topological polar surface area (TPSA) is 43.6 Å². The second kappa shape index (κ2) is 8.47. The van der Waals surface area contributed by atoms with Crippen molar-refractivity contribution in [3.8, 4) is 17.3 Å². The number of aromatic nitrogens is 4. The zero-order chi connectivity index (χ0) is 25.1. The van der Waals surface area contributed by atoms with Gasteiger partial charge in [-0.3, -0.25) is 4.57 Å². The smallest absolute Gasteiger partial charge is 0.238 e. The Labute approximate surface area is 223 Å². The molecule has 3 aromatic heterocycles. The summed E-state index contributed by atoms with van der Waals surface area (Å²) < 4.78 is 4.82. The van der Waals surface area contributed by atoms with E-state index in [0.29, 0.717) is 11.8 Å². The Morgan fingerprint density at radius 1 is 0.684 bits per heavy atom. The zero-order valence-corrected chi connectivity index (χ0v) is 21.3. The Kier molecular flexibility index (Phi) is 4.79. The SMILES string of the molecule is C1=CCC(c2nc(-c3ccccc3)nc(-n3c4ccccc4c4c5sc6ccccc6c5ccc43)n2)C=C1. The van der Waals surface area contributed by atoms with Gasteiger partial charge in [0.1, 0.15) is 5.82 Å². The van der Waals surface area contributed by atoms with Gasteiger partial charge in [-0.15, -0.1) is 11.3 Å². The molecule has 1 atom stereocenters. The highest BCUT2D eigenvalue weighted by atomic mass is 32.1. The number of allylic oxidation sites excluding steroid dienone is 4. The van der Waals surface area contributed by atoms with Gasteiger partial charge >= 0.3 is 0 Å². The maximum Gasteiger partial charge on any atom is 0.238 e. The molecule has 5 heteroatoms. The quantitative estimate of drug-likeness (QED) is 0.241. The van der Waals surface area contributed by atoms with Gasteiger partial charge in [0.15, 0.2) is 5.82 Å². The average Bonchev–Trinajstić information content (AvgIpc) is 3.53. The van der Waals surface area contributed by atoms with Crippen molar-refractivity contribution >= 4 is 53.3 Å². The van der Waals surface area contributed by atoms with Crippen LogP contribution in [0.4, 0.5) is 0 Å². The third kappa shape index (κ3) is 3.25. The standard InChI is InChI=1S/C33H22N4S/c1-3-11-21(12-4-1)31-34-32(22-13-5-2-6-14-22)36-33(35-31)37-26-17-9-7-16-25(26)29-27(37)20-19-24-23-15-8-10-18-28(23)38-30(24)29/h1-13,15-20,22H,14H2. The van der Waals surface area contributed by atoms with E-state index in [1.54, 1.807) is 0 Å². The Hall–Kier alpha value is -4.61. The molecule has 4 nitrogen and oxygen atoms in total. The molecule has 3 heterocycles. The van der Waals surface area contributed by atoms with Gasteiger partial charge in [0.2, 0.25) is 5.95 Å². The maximum absolute atomic E-state index is 5.11. The summed E-state index contributed by atoms with van der Waals surface area (Å²) in [6.07, 6.45) is 9.40. The Balaban J connectivity index is 1.46. The van der Waals surface area contributed by atoms with Gasteiger partial charge in [0.25, 0.3) is 0 Å². The lowest BCUT2D eigenvalue weighted by atomic mass is 10.00. The highest BCUT2D eigenvalue weighted by Crippen LogP contribution is 2.43. The summed E-state index contributed by atoms with van der Waals surface area (Å²) in [4.78, 5) is 15.1. The van der Waals surface area contributed by atoms with Crippen LogP contribution < -0.4 is 0 Å². The number of hydrogen-bond acceptors (Lipinski definition) is 4. The summed E-state index contributed by atoms with van der Waals surface area (Å²) >= 11 is 1.86. The number of hydrogen-bond donors (Lipinski definition) is 0. The lowest BCUT2D eigenvalue weighted by Crippen LogP contribution is -2.11. The second-order valence-electron chi connectivity index (χ2n) is 9.63. The van der Waals surface area contributed by atoms with Crippen molar-refractivity contribution in [2.75, 3.05) is 0 Å². The number of thiophene rings is 1. The van der Waals surface area contributed by atoms with E-state index in [4.69, 9.17) is 15.0 Å². The fraction of sp³-hybridized carbons (Fsp3) is 0.0606. The molecule has 0 saturated carbocycles. The van der Waals surface area contributed by atoms with Crippen LogP contribution >= 0.6 is 11.3 Å². The second-order valence-corrected chi connectivity index (χ2v) is 10.7. The van der Waals surface area contributed by atoms with Crippen molar-refractivity contribution < 1.29 is 0 Å². The van der Waals surface area contributed by atoms with E-state index in [2.05, 4.69) is 102 Å². The van der Waals surface area contributed by atoms with E-state index < -0.39 is 0 Å². The van der Waals surface area contributed by atoms with Crippen molar-refractivity contribution in [3.05, 3.63) is 121 Å². The first-order chi connectivity index (χ1) is 18.8. The van der Waals surface area contributed by atoms with Gasteiger partial charge < -0.3 is 0 Å². The molecule has 1 aliphatic rings. The molecule has 7 aromatic rings. The molecule has 0 saturated heterocycles. The molecule has 1 unspecified atom stereocenters. The minimum absolute atomic E-state index is 0.117. The van der Waals surface area contributed by atoms with E-state index in [1.165, 1.54) is 30.9 Å². The van der Waals surface area contributed by atoms with Gasteiger partial charge in [-0.2, -0.15) is 9.97 Å². The highest BCUT2D eigenvalue weighted by Gasteiger charge is 2.21. The van der Waals surface area contributed by atoms with Crippen molar-refractivity contribution in [3.63, 3.8) is 0 Å². The number of rotatable bonds is 3. The number of benzene rings is 4. The van der Waals surface area contributed by atoms with Crippen LogP contribution in [0.5, 0.6) is 0 Å². The molecular weight excluding hydrogens is 484 g/mol. The van der Waals surface area contributed by atoms with Crippen LogP contribution in [-0.4, -0.2) is 19.5 Å². The predicted octanol–water partition coefficient (Wildman–Crippen LogP) is 8.60. The first-order valence-electron chi connectivity index (χ1n) is 12.8. The first-order valence-corrected chi connectivity index (χ1v) is 13.7. The van der Waals surface area contributed by atoms with Crippen molar-refractivity contribution in [2.24, 2.45) is 0 Å². The van der Waals surface area contributed by atoms with E-state index in [-0.39, 0.29) is 5.92 Å². The van der Waals surface area contributed by atoms with E-state index in [0.717, 1.165) is 28.8 Å². The third-order valence-electron chi connectivity index (χ3n) is 7.37. The lowest BCUT2D eigenvalue weighted by Gasteiger charge is -2.15. The highest BCUT2D eigenvalue weighted by molar-refractivity contribution is 7.26. The molecule has 0 radical (unpaired) electrons. The summed E-state index contributed by atoms with van der Waals surface area (Å²) in [5.74, 6) is 2.26. The predicted molar refractivity (Wildman–Crippen MR) is 158 cm³/mol. The van der Waals surface area contributed by atoms with Gasteiger partial charge in [-0.25, -0.2) is 4.98 Å². The molecular formula is C33H22N4S. The fourth-order valence-corrected chi connectivity index (χ4v) is 6.84. The molecule has 0 bridgehead atoms. The molecule has 0 amide bonds. The summed E-state index contributed by atoms with van der Waals surface area (Å²) in [7, 11) is 0. The number of nitrogens with zero attached hydrogens (tertiary/aromatic N) is 4. The molecule has 180 valence electrons. The number of para-hydroxylation sites is 1. The molecule has 0 spiro atoms.